The Morgan fingerprint density at radius 3 is 2.13 bits per heavy atom. The first-order chi connectivity index (χ1) is 14.6. The van der Waals surface area contributed by atoms with E-state index in [-0.39, 0.29) is 23.0 Å². The second-order valence-corrected chi connectivity index (χ2v) is 7.48. The van der Waals surface area contributed by atoms with Crippen molar-refractivity contribution >= 4 is 17.4 Å². The number of halogens is 4. The molecular formula is C22H18F4N4O. The van der Waals surface area contributed by atoms with Crippen LogP contribution in [0.25, 0.3) is 11.1 Å². The maximum absolute atomic E-state index is 13.1. The molecule has 1 aliphatic rings. The van der Waals surface area contributed by atoms with E-state index in [4.69, 9.17) is 11.5 Å². The molecule has 1 heterocycles. The third kappa shape index (κ3) is 4.03. The molecule has 3 aromatic rings. The van der Waals surface area contributed by atoms with Gasteiger partial charge in [0.25, 0.3) is 5.91 Å². The number of nitrogens with two attached hydrogens (primary N) is 2. The number of nitrogens with zero attached hydrogens (tertiary/aromatic N) is 1. The van der Waals surface area contributed by atoms with Gasteiger partial charge in [0, 0.05) is 16.8 Å². The van der Waals surface area contributed by atoms with E-state index in [0.29, 0.717) is 11.1 Å². The van der Waals surface area contributed by atoms with Crippen LogP contribution in [0, 0.1) is 5.82 Å². The first kappa shape index (κ1) is 20.6. The lowest BCUT2D eigenvalue weighted by atomic mass is 9.98. The fraction of sp³-hybridized carbons (Fsp3) is 0.182. The summed E-state index contributed by atoms with van der Waals surface area (Å²) < 4.78 is 51.7. The minimum Gasteiger partial charge on any atom is -0.398 e. The second-order valence-electron chi connectivity index (χ2n) is 7.48. The number of hydrogen-bond acceptors (Lipinski definition) is 4. The molecule has 5 N–H and O–H groups in total. The maximum atomic E-state index is 13.1. The van der Waals surface area contributed by atoms with E-state index in [2.05, 4.69) is 10.3 Å². The lowest BCUT2D eigenvalue weighted by molar-refractivity contribution is -0.141. The summed E-state index contributed by atoms with van der Waals surface area (Å²) in [6.07, 6.45) is -3.19. The summed E-state index contributed by atoms with van der Waals surface area (Å²) in [6.45, 7) is 0. The standard InChI is InChI=1S/C22H18F4N4O/c23-15-7-3-13(4-8-15)20(31)30-21(9-10-21)14-5-1-12(2-6-14)18-16(27)11-17(22(24,25)26)29-19(18)28/h1-8,11H,9-10H2,(H,30,31)(H4,27,28,29). The van der Waals surface area contributed by atoms with Crippen molar-refractivity contribution in [3.8, 4) is 11.1 Å². The van der Waals surface area contributed by atoms with Gasteiger partial charge in [-0.2, -0.15) is 13.2 Å². The van der Waals surface area contributed by atoms with E-state index < -0.39 is 23.2 Å². The summed E-state index contributed by atoms with van der Waals surface area (Å²) >= 11 is 0. The number of nitrogens with one attached hydrogen (secondary N) is 1. The molecule has 1 amide bonds. The van der Waals surface area contributed by atoms with Crippen LogP contribution in [0.1, 0.15) is 34.5 Å². The van der Waals surface area contributed by atoms with Crippen molar-refractivity contribution in [1.29, 1.82) is 0 Å². The molecular weight excluding hydrogens is 412 g/mol. The van der Waals surface area contributed by atoms with Gasteiger partial charge in [0.1, 0.15) is 17.3 Å². The van der Waals surface area contributed by atoms with Gasteiger partial charge in [-0.25, -0.2) is 9.37 Å². The minimum atomic E-state index is -4.65. The van der Waals surface area contributed by atoms with Gasteiger partial charge in [-0.1, -0.05) is 24.3 Å². The van der Waals surface area contributed by atoms with Gasteiger partial charge in [0.2, 0.25) is 0 Å². The van der Waals surface area contributed by atoms with E-state index >= 15 is 0 Å². The zero-order valence-electron chi connectivity index (χ0n) is 16.1. The summed E-state index contributed by atoms with van der Waals surface area (Å²) in [7, 11) is 0. The molecule has 0 aliphatic heterocycles. The van der Waals surface area contributed by atoms with Crippen LogP contribution < -0.4 is 16.8 Å². The molecule has 31 heavy (non-hydrogen) atoms. The third-order valence-corrected chi connectivity index (χ3v) is 5.30. The Hall–Kier alpha value is -3.62. The highest BCUT2D eigenvalue weighted by molar-refractivity contribution is 5.95. The Balaban J connectivity index is 1.57. The Morgan fingerprint density at radius 2 is 1.61 bits per heavy atom. The summed E-state index contributed by atoms with van der Waals surface area (Å²) in [4.78, 5) is 15.9. The highest BCUT2D eigenvalue weighted by Gasteiger charge is 2.45. The number of hydrogen-bond donors (Lipinski definition) is 3. The van der Waals surface area contributed by atoms with E-state index in [9.17, 15) is 22.4 Å². The fourth-order valence-corrected chi connectivity index (χ4v) is 3.50. The summed E-state index contributed by atoms with van der Waals surface area (Å²) in [5.74, 6) is -1.06. The number of rotatable bonds is 4. The molecule has 9 heteroatoms. The first-order valence-electron chi connectivity index (χ1n) is 9.41. The molecule has 5 nitrogen and oxygen atoms in total. The van der Waals surface area contributed by atoms with Crippen molar-refractivity contribution in [2.45, 2.75) is 24.6 Å². The fourth-order valence-electron chi connectivity index (χ4n) is 3.50. The Labute approximate surface area is 175 Å². The first-order valence-corrected chi connectivity index (χ1v) is 9.41. The number of nitrogen functional groups attached to an aromatic ring is 2. The normalized spacial score (nSPS) is 14.8. The Kier molecular flexibility index (Phi) is 4.83. The number of carbonyl (C=O) groups is 1. The molecule has 0 saturated heterocycles. The summed E-state index contributed by atoms with van der Waals surface area (Å²) in [5.41, 5.74) is 11.7. The minimum absolute atomic E-state index is 0.127. The van der Waals surface area contributed by atoms with Gasteiger partial charge >= 0.3 is 6.18 Å². The Morgan fingerprint density at radius 1 is 1.00 bits per heavy atom. The molecule has 4 rings (SSSR count). The highest BCUT2D eigenvalue weighted by Crippen LogP contribution is 2.46. The molecule has 0 atom stereocenters. The quantitative estimate of drug-likeness (QED) is 0.532. The average molecular weight is 430 g/mol. The molecule has 1 aromatic heterocycles. The lowest BCUT2D eigenvalue weighted by Gasteiger charge is -2.19. The van der Waals surface area contributed by atoms with Gasteiger partial charge in [-0.15, -0.1) is 0 Å². The van der Waals surface area contributed by atoms with E-state index in [1.54, 1.807) is 24.3 Å². The van der Waals surface area contributed by atoms with Crippen LogP contribution in [0.2, 0.25) is 0 Å². The zero-order valence-corrected chi connectivity index (χ0v) is 16.1. The van der Waals surface area contributed by atoms with Crippen LogP contribution in [0.3, 0.4) is 0 Å². The van der Waals surface area contributed by atoms with Gasteiger partial charge in [0.15, 0.2) is 0 Å². The number of anilines is 2. The highest BCUT2D eigenvalue weighted by atomic mass is 19.4. The van der Waals surface area contributed by atoms with Crippen molar-refractivity contribution in [2.24, 2.45) is 0 Å². The SMILES string of the molecule is Nc1cc(C(F)(F)F)nc(N)c1-c1ccc(C2(NC(=O)c3ccc(F)cc3)CC2)cc1. The zero-order chi connectivity index (χ0) is 22.4. The predicted octanol–water partition coefficient (Wildman–Crippen LogP) is 4.49. The third-order valence-electron chi connectivity index (χ3n) is 5.30. The molecule has 1 aliphatic carbocycles. The van der Waals surface area contributed by atoms with Crippen LogP contribution in [0.15, 0.2) is 54.6 Å². The lowest BCUT2D eigenvalue weighted by Crippen LogP contribution is -2.34. The summed E-state index contributed by atoms with van der Waals surface area (Å²) in [6, 6.07) is 12.9. The van der Waals surface area contributed by atoms with Gasteiger partial charge in [-0.3, -0.25) is 4.79 Å². The average Bonchev–Trinajstić information content (AvgIpc) is 3.48. The van der Waals surface area contributed by atoms with Crippen molar-refractivity contribution in [3.05, 3.63) is 77.2 Å². The van der Waals surface area contributed by atoms with E-state index in [1.165, 1.54) is 24.3 Å². The number of carbonyl (C=O) groups excluding carboxylic acids is 1. The Bertz CT molecular complexity index is 1110. The van der Waals surface area contributed by atoms with Crippen molar-refractivity contribution in [1.82, 2.24) is 10.3 Å². The molecule has 0 spiro atoms. The number of amides is 1. The second kappa shape index (κ2) is 7.26. The van der Waals surface area contributed by atoms with Crippen molar-refractivity contribution < 1.29 is 22.4 Å². The number of alkyl halides is 3. The number of aromatic nitrogens is 1. The topological polar surface area (TPSA) is 94.0 Å². The molecule has 0 bridgehead atoms. The molecule has 0 radical (unpaired) electrons. The van der Waals surface area contributed by atoms with Crippen LogP contribution in [0.4, 0.5) is 29.1 Å². The number of benzene rings is 2. The van der Waals surface area contributed by atoms with Gasteiger partial charge in [-0.05, 0) is 54.3 Å². The number of pyridine rings is 1. The van der Waals surface area contributed by atoms with Crippen LogP contribution in [-0.4, -0.2) is 10.9 Å². The summed E-state index contributed by atoms with van der Waals surface area (Å²) in [5, 5.41) is 2.98. The molecule has 2 aromatic carbocycles. The van der Waals surface area contributed by atoms with Crippen molar-refractivity contribution in [2.75, 3.05) is 11.5 Å². The largest absolute Gasteiger partial charge is 0.433 e. The monoisotopic (exact) mass is 430 g/mol. The van der Waals surface area contributed by atoms with Gasteiger partial charge < -0.3 is 16.8 Å². The van der Waals surface area contributed by atoms with Gasteiger partial charge in [0.05, 0.1) is 5.54 Å². The van der Waals surface area contributed by atoms with E-state index in [1.807, 2.05) is 0 Å². The van der Waals surface area contributed by atoms with E-state index in [0.717, 1.165) is 24.5 Å². The molecule has 160 valence electrons. The van der Waals surface area contributed by atoms with Crippen LogP contribution in [-0.2, 0) is 11.7 Å². The molecule has 1 saturated carbocycles. The van der Waals surface area contributed by atoms with Crippen LogP contribution in [0.5, 0.6) is 0 Å². The maximum Gasteiger partial charge on any atom is 0.433 e. The van der Waals surface area contributed by atoms with Crippen molar-refractivity contribution in [3.63, 3.8) is 0 Å². The van der Waals surface area contributed by atoms with Crippen LogP contribution >= 0.6 is 0 Å². The predicted molar refractivity (Wildman–Crippen MR) is 108 cm³/mol. The molecule has 1 fully saturated rings. The smallest absolute Gasteiger partial charge is 0.398 e. The molecule has 0 unspecified atom stereocenters.